The van der Waals surface area contributed by atoms with Crippen LogP contribution in [0.5, 0.6) is 0 Å². The monoisotopic (exact) mass is 371 g/mol. The van der Waals surface area contributed by atoms with E-state index < -0.39 is 11.7 Å². The fraction of sp³-hybridized carbons (Fsp3) is 0.667. The number of carbonyl (C=O) groups excluding carboxylic acids is 1. The molecule has 3 rings (SSSR count). The van der Waals surface area contributed by atoms with Gasteiger partial charge >= 0.3 is 6.18 Å². The number of piperidine rings is 1. The molecule has 2 aliphatic rings. The summed E-state index contributed by atoms with van der Waals surface area (Å²) in [6.07, 6.45) is -2.07. The maximum atomic E-state index is 12.8. The van der Waals surface area contributed by atoms with E-state index in [-0.39, 0.29) is 24.0 Å². The van der Waals surface area contributed by atoms with Gasteiger partial charge in [-0.1, -0.05) is 0 Å². The highest BCUT2D eigenvalue weighted by molar-refractivity contribution is 5.79. The highest BCUT2D eigenvalue weighted by atomic mass is 19.4. The first-order chi connectivity index (χ1) is 12.2. The van der Waals surface area contributed by atoms with Crippen LogP contribution in [0.15, 0.2) is 18.3 Å². The van der Waals surface area contributed by atoms with E-state index >= 15 is 0 Å². The van der Waals surface area contributed by atoms with E-state index in [0.29, 0.717) is 44.8 Å². The second-order valence-corrected chi connectivity index (χ2v) is 7.16. The van der Waals surface area contributed by atoms with Crippen molar-refractivity contribution in [3.05, 3.63) is 23.9 Å². The van der Waals surface area contributed by atoms with Gasteiger partial charge in [0.15, 0.2) is 0 Å². The molecule has 2 saturated heterocycles. The van der Waals surface area contributed by atoms with E-state index in [0.717, 1.165) is 12.3 Å². The predicted molar refractivity (Wildman–Crippen MR) is 90.8 cm³/mol. The van der Waals surface area contributed by atoms with Gasteiger partial charge in [0.25, 0.3) is 0 Å². The number of anilines is 1. The minimum Gasteiger partial charge on any atom is -0.372 e. The molecule has 0 N–H and O–H groups in total. The third-order valence-electron chi connectivity index (χ3n) is 4.97. The highest BCUT2D eigenvalue weighted by Gasteiger charge is 2.34. The second kappa shape index (κ2) is 7.42. The molecule has 26 heavy (non-hydrogen) atoms. The summed E-state index contributed by atoms with van der Waals surface area (Å²) in [5.74, 6) is 0.641. The largest absolute Gasteiger partial charge is 0.417 e. The molecule has 0 bridgehead atoms. The Bertz CT molecular complexity index is 618. The van der Waals surface area contributed by atoms with Gasteiger partial charge in [-0.15, -0.1) is 0 Å². The Labute approximate surface area is 151 Å². The Morgan fingerprint density at radius 2 is 1.77 bits per heavy atom. The molecule has 0 aliphatic carbocycles. The van der Waals surface area contributed by atoms with Crippen molar-refractivity contribution in [2.45, 2.75) is 45.1 Å². The van der Waals surface area contributed by atoms with Crippen LogP contribution in [-0.2, 0) is 15.7 Å². The number of hydrogen-bond donors (Lipinski definition) is 0. The Kier molecular flexibility index (Phi) is 5.41. The number of ether oxygens (including phenoxy) is 1. The first-order valence-corrected chi connectivity index (χ1v) is 8.96. The first kappa shape index (κ1) is 18.9. The summed E-state index contributed by atoms with van der Waals surface area (Å²) >= 11 is 0. The molecule has 1 aromatic heterocycles. The molecule has 0 radical (unpaired) electrons. The maximum absolute atomic E-state index is 12.8. The molecule has 8 heteroatoms. The van der Waals surface area contributed by atoms with Crippen molar-refractivity contribution in [2.24, 2.45) is 5.92 Å². The predicted octanol–water partition coefficient (Wildman–Crippen LogP) is 2.95. The van der Waals surface area contributed by atoms with Crippen LogP contribution in [0.3, 0.4) is 0 Å². The van der Waals surface area contributed by atoms with E-state index in [1.807, 2.05) is 23.6 Å². The molecule has 2 fully saturated rings. The molecule has 1 amide bonds. The molecular formula is C18H24F3N3O2. The van der Waals surface area contributed by atoms with Gasteiger partial charge in [0, 0.05) is 38.3 Å². The van der Waals surface area contributed by atoms with Crippen molar-refractivity contribution < 1.29 is 22.7 Å². The zero-order valence-corrected chi connectivity index (χ0v) is 15.0. The van der Waals surface area contributed by atoms with Crippen LogP contribution in [-0.4, -0.2) is 54.2 Å². The molecule has 0 saturated carbocycles. The van der Waals surface area contributed by atoms with Crippen LogP contribution in [0.4, 0.5) is 19.0 Å². The lowest BCUT2D eigenvalue weighted by Crippen LogP contribution is -2.51. The number of halogens is 3. The van der Waals surface area contributed by atoms with Gasteiger partial charge in [-0.2, -0.15) is 13.2 Å². The van der Waals surface area contributed by atoms with E-state index in [1.54, 1.807) is 0 Å². The van der Waals surface area contributed by atoms with Gasteiger partial charge in [-0.25, -0.2) is 4.98 Å². The smallest absolute Gasteiger partial charge is 0.372 e. The highest BCUT2D eigenvalue weighted by Crippen LogP contribution is 2.30. The number of aromatic nitrogens is 1. The van der Waals surface area contributed by atoms with Crippen molar-refractivity contribution in [3.8, 4) is 0 Å². The molecule has 5 nitrogen and oxygen atoms in total. The molecule has 144 valence electrons. The SMILES string of the molecule is C[C@@H]1CN(C(=O)C2CCN(c3ccc(C(F)(F)F)cn3)CC2)C[C@@H](C)O1. The van der Waals surface area contributed by atoms with Gasteiger partial charge in [0.05, 0.1) is 17.8 Å². The summed E-state index contributed by atoms with van der Waals surface area (Å²) in [5, 5.41) is 0. The van der Waals surface area contributed by atoms with Gasteiger partial charge in [0.1, 0.15) is 5.82 Å². The standard InChI is InChI=1S/C18H24F3N3O2/c1-12-10-24(11-13(2)26-12)17(25)14-5-7-23(8-6-14)16-4-3-15(9-22-16)18(19,20)21/h3-4,9,12-14H,5-8,10-11H2,1-2H3/t12-,13-/m1/s1. The van der Waals surface area contributed by atoms with Gasteiger partial charge in [-0.05, 0) is 38.8 Å². The quantitative estimate of drug-likeness (QED) is 0.802. The molecule has 3 heterocycles. The number of hydrogen-bond acceptors (Lipinski definition) is 4. The van der Waals surface area contributed by atoms with Crippen molar-refractivity contribution in [1.29, 1.82) is 0 Å². The molecule has 0 spiro atoms. The molecule has 0 aromatic carbocycles. The van der Waals surface area contributed by atoms with Crippen molar-refractivity contribution in [3.63, 3.8) is 0 Å². The number of nitrogens with zero attached hydrogens (tertiary/aromatic N) is 3. The average Bonchev–Trinajstić information content (AvgIpc) is 2.60. The Morgan fingerprint density at radius 3 is 2.27 bits per heavy atom. The van der Waals surface area contributed by atoms with Crippen LogP contribution in [0.2, 0.25) is 0 Å². The van der Waals surface area contributed by atoms with Crippen molar-refractivity contribution in [2.75, 3.05) is 31.1 Å². The minimum atomic E-state index is -4.38. The topological polar surface area (TPSA) is 45.7 Å². The number of rotatable bonds is 2. The lowest BCUT2D eigenvalue weighted by molar-refractivity contribution is -0.148. The number of pyridine rings is 1. The lowest BCUT2D eigenvalue weighted by Gasteiger charge is -2.39. The van der Waals surface area contributed by atoms with E-state index in [2.05, 4.69) is 4.98 Å². The van der Waals surface area contributed by atoms with Crippen LogP contribution < -0.4 is 4.90 Å². The molecule has 2 atom stereocenters. The Hall–Kier alpha value is -1.83. The van der Waals surface area contributed by atoms with Crippen LogP contribution in [0, 0.1) is 5.92 Å². The van der Waals surface area contributed by atoms with Crippen molar-refractivity contribution in [1.82, 2.24) is 9.88 Å². The van der Waals surface area contributed by atoms with Gasteiger partial charge < -0.3 is 14.5 Å². The van der Waals surface area contributed by atoms with Gasteiger partial charge in [-0.3, -0.25) is 4.79 Å². The Balaban J connectivity index is 1.56. The number of carbonyl (C=O) groups is 1. The van der Waals surface area contributed by atoms with E-state index in [4.69, 9.17) is 4.74 Å². The lowest BCUT2D eigenvalue weighted by atomic mass is 9.94. The summed E-state index contributed by atoms with van der Waals surface area (Å²) in [4.78, 5) is 20.5. The van der Waals surface area contributed by atoms with Crippen LogP contribution in [0.1, 0.15) is 32.3 Å². The van der Waals surface area contributed by atoms with Gasteiger partial charge in [0.2, 0.25) is 5.91 Å². The third kappa shape index (κ3) is 4.28. The number of morpholine rings is 1. The molecule has 2 aliphatic heterocycles. The second-order valence-electron chi connectivity index (χ2n) is 7.16. The first-order valence-electron chi connectivity index (χ1n) is 8.96. The fourth-order valence-electron chi connectivity index (χ4n) is 3.71. The number of alkyl halides is 3. The Morgan fingerprint density at radius 1 is 1.15 bits per heavy atom. The summed E-state index contributed by atoms with van der Waals surface area (Å²) < 4.78 is 43.6. The maximum Gasteiger partial charge on any atom is 0.417 e. The van der Waals surface area contributed by atoms with Crippen LogP contribution >= 0.6 is 0 Å². The zero-order valence-electron chi connectivity index (χ0n) is 15.0. The average molecular weight is 371 g/mol. The van der Waals surface area contributed by atoms with E-state index in [9.17, 15) is 18.0 Å². The summed E-state index contributed by atoms with van der Waals surface area (Å²) in [6, 6.07) is 2.45. The van der Waals surface area contributed by atoms with Crippen molar-refractivity contribution >= 4 is 11.7 Å². The zero-order chi connectivity index (χ0) is 18.9. The van der Waals surface area contributed by atoms with Crippen LogP contribution in [0.25, 0.3) is 0 Å². The van der Waals surface area contributed by atoms with E-state index in [1.165, 1.54) is 6.07 Å². The molecular weight excluding hydrogens is 347 g/mol. The fourth-order valence-corrected chi connectivity index (χ4v) is 3.71. The normalized spacial score (nSPS) is 25.4. The summed E-state index contributed by atoms with van der Waals surface area (Å²) in [7, 11) is 0. The molecule has 1 aromatic rings. The summed E-state index contributed by atoms with van der Waals surface area (Å²) in [6.45, 7) is 6.39. The minimum absolute atomic E-state index is 0.0409. The number of amides is 1. The third-order valence-corrected chi connectivity index (χ3v) is 4.97. The summed E-state index contributed by atoms with van der Waals surface area (Å²) in [5.41, 5.74) is -0.748. The molecule has 0 unspecified atom stereocenters.